The minimum atomic E-state index is -2.82. The van der Waals surface area contributed by atoms with Crippen LogP contribution in [-0.2, 0) is 13.7 Å². The van der Waals surface area contributed by atoms with Crippen molar-refractivity contribution in [3.8, 4) is 0 Å². The molecule has 0 saturated carbocycles. The summed E-state index contributed by atoms with van der Waals surface area (Å²) in [6, 6.07) is 6.51. The number of anilines is 1. The molecule has 5 nitrogen and oxygen atoms in total. The standard InChI is InChI=1S/C13H13F2N3O2/c1-18-6-10(11(17-18)12(14)15)13(20)16-9-4-2-3-8(5-9)7-19/h2-6,12,19H,7H2,1H3,(H,16,20). The highest BCUT2D eigenvalue weighted by molar-refractivity contribution is 6.05. The van der Waals surface area contributed by atoms with Gasteiger partial charge in [0.1, 0.15) is 5.69 Å². The van der Waals surface area contributed by atoms with Gasteiger partial charge in [0.25, 0.3) is 12.3 Å². The van der Waals surface area contributed by atoms with Crippen molar-refractivity contribution < 1.29 is 18.7 Å². The van der Waals surface area contributed by atoms with E-state index in [-0.39, 0.29) is 12.2 Å². The van der Waals surface area contributed by atoms with E-state index in [1.165, 1.54) is 17.9 Å². The van der Waals surface area contributed by atoms with Crippen LogP contribution in [0.1, 0.15) is 28.0 Å². The summed E-state index contributed by atoms with van der Waals surface area (Å²) in [6.07, 6.45) is -1.58. The Morgan fingerprint density at radius 1 is 1.50 bits per heavy atom. The maximum Gasteiger partial charge on any atom is 0.282 e. The third-order valence-electron chi connectivity index (χ3n) is 2.68. The van der Waals surface area contributed by atoms with Crippen molar-refractivity contribution in [2.45, 2.75) is 13.0 Å². The minimum absolute atomic E-state index is 0.168. The predicted molar refractivity (Wildman–Crippen MR) is 68.5 cm³/mol. The summed E-state index contributed by atoms with van der Waals surface area (Å²) in [7, 11) is 1.47. The monoisotopic (exact) mass is 281 g/mol. The molecule has 0 radical (unpaired) electrons. The smallest absolute Gasteiger partial charge is 0.282 e. The topological polar surface area (TPSA) is 67.2 Å². The summed E-state index contributed by atoms with van der Waals surface area (Å²) in [4.78, 5) is 12.0. The van der Waals surface area contributed by atoms with Crippen molar-refractivity contribution in [1.29, 1.82) is 0 Å². The van der Waals surface area contributed by atoms with Crippen molar-refractivity contribution in [2.75, 3.05) is 5.32 Å². The summed E-state index contributed by atoms with van der Waals surface area (Å²) in [5, 5.41) is 15.1. The van der Waals surface area contributed by atoms with Crippen LogP contribution in [0.5, 0.6) is 0 Å². The normalized spacial score (nSPS) is 10.8. The van der Waals surface area contributed by atoms with Gasteiger partial charge in [-0.05, 0) is 17.7 Å². The van der Waals surface area contributed by atoms with E-state index >= 15 is 0 Å². The maximum atomic E-state index is 12.8. The van der Waals surface area contributed by atoms with Crippen molar-refractivity contribution in [3.63, 3.8) is 0 Å². The zero-order valence-corrected chi connectivity index (χ0v) is 10.7. The number of alkyl halides is 2. The Labute approximate surface area is 113 Å². The Balaban J connectivity index is 2.23. The number of carbonyl (C=O) groups excluding carboxylic acids is 1. The lowest BCUT2D eigenvalue weighted by atomic mass is 10.2. The van der Waals surface area contributed by atoms with Crippen LogP contribution in [0.4, 0.5) is 14.5 Å². The molecule has 2 rings (SSSR count). The Hall–Kier alpha value is -2.28. The van der Waals surface area contributed by atoms with Gasteiger partial charge in [0.2, 0.25) is 0 Å². The Kier molecular flexibility index (Phi) is 4.09. The second-order valence-corrected chi connectivity index (χ2v) is 4.21. The van der Waals surface area contributed by atoms with E-state index in [0.717, 1.165) is 0 Å². The summed E-state index contributed by atoms with van der Waals surface area (Å²) in [6.45, 7) is -0.168. The number of nitrogens with zero attached hydrogens (tertiary/aromatic N) is 2. The number of nitrogens with one attached hydrogen (secondary N) is 1. The molecule has 0 aliphatic heterocycles. The largest absolute Gasteiger partial charge is 0.392 e. The molecule has 2 aromatic rings. The number of rotatable bonds is 4. The van der Waals surface area contributed by atoms with Gasteiger partial charge in [-0.1, -0.05) is 12.1 Å². The van der Waals surface area contributed by atoms with E-state index in [2.05, 4.69) is 10.4 Å². The van der Waals surface area contributed by atoms with Crippen LogP contribution in [0.3, 0.4) is 0 Å². The molecule has 0 unspecified atom stereocenters. The molecule has 1 aromatic heterocycles. The lowest BCUT2D eigenvalue weighted by molar-refractivity contribution is 0.101. The van der Waals surface area contributed by atoms with E-state index in [4.69, 9.17) is 5.11 Å². The molecular weight excluding hydrogens is 268 g/mol. The molecule has 1 amide bonds. The summed E-state index contributed by atoms with van der Waals surface area (Å²) in [5.41, 5.74) is 0.314. The van der Waals surface area contributed by atoms with Crippen LogP contribution in [0.2, 0.25) is 0 Å². The summed E-state index contributed by atoms with van der Waals surface area (Å²) >= 11 is 0. The minimum Gasteiger partial charge on any atom is -0.392 e. The first-order chi connectivity index (χ1) is 9.51. The number of aliphatic hydroxyl groups is 1. The fraction of sp³-hybridized carbons (Fsp3) is 0.231. The molecule has 0 saturated heterocycles. The quantitative estimate of drug-likeness (QED) is 0.902. The first-order valence-electron chi connectivity index (χ1n) is 5.84. The van der Waals surface area contributed by atoms with Gasteiger partial charge in [-0.2, -0.15) is 5.10 Å². The first-order valence-corrected chi connectivity index (χ1v) is 5.84. The van der Waals surface area contributed by atoms with E-state index in [9.17, 15) is 13.6 Å². The van der Waals surface area contributed by atoms with Gasteiger partial charge in [-0.15, -0.1) is 0 Å². The average Bonchev–Trinajstić information content (AvgIpc) is 2.81. The van der Waals surface area contributed by atoms with Crippen LogP contribution in [0, 0.1) is 0 Å². The molecule has 0 fully saturated rings. The van der Waals surface area contributed by atoms with E-state index < -0.39 is 18.0 Å². The molecule has 106 valence electrons. The lowest BCUT2D eigenvalue weighted by Crippen LogP contribution is -2.13. The van der Waals surface area contributed by atoms with Crippen molar-refractivity contribution >= 4 is 11.6 Å². The van der Waals surface area contributed by atoms with Gasteiger partial charge in [-0.25, -0.2) is 8.78 Å². The van der Waals surface area contributed by atoms with Gasteiger partial charge < -0.3 is 10.4 Å². The molecule has 20 heavy (non-hydrogen) atoms. The second-order valence-electron chi connectivity index (χ2n) is 4.21. The van der Waals surface area contributed by atoms with Gasteiger partial charge in [-0.3, -0.25) is 9.48 Å². The SMILES string of the molecule is Cn1cc(C(=O)Nc2cccc(CO)c2)c(C(F)F)n1. The van der Waals surface area contributed by atoms with Gasteiger partial charge in [0.05, 0.1) is 12.2 Å². The number of hydrogen-bond acceptors (Lipinski definition) is 3. The fourth-order valence-corrected chi connectivity index (χ4v) is 1.79. The Morgan fingerprint density at radius 3 is 2.90 bits per heavy atom. The molecule has 7 heteroatoms. The zero-order valence-electron chi connectivity index (χ0n) is 10.7. The molecular formula is C13H13F2N3O2. The summed E-state index contributed by atoms with van der Waals surface area (Å²) < 4.78 is 26.7. The van der Waals surface area contributed by atoms with Crippen LogP contribution < -0.4 is 5.32 Å². The number of amides is 1. The number of aromatic nitrogens is 2. The highest BCUT2D eigenvalue weighted by Crippen LogP contribution is 2.22. The van der Waals surface area contributed by atoms with E-state index in [1.54, 1.807) is 24.3 Å². The number of halogens is 2. The highest BCUT2D eigenvalue weighted by atomic mass is 19.3. The van der Waals surface area contributed by atoms with Crippen LogP contribution in [-0.4, -0.2) is 20.8 Å². The highest BCUT2D eigenvalue weighted by Gasteiger charge is 2.22. The van der Waals surface area contributed by atoms with Crippen LogP contribution in [0.25, 0.3) is 0 Å². The number of aryl methyl sites for hydroxylation is 1. The third kappa shape index (κ3) is 3.00. The third-order valence-corrected chi connectivity index (χ3v) is 2.68. The van der Waals surface area contributed by atoms with Crippen molar-refractivity contribution in [2.24, 2.45) is 7.05 Å². The molecule has 0 bridgehead atoms. The van der Waals surface area contributed by atoms with Gasteiger partial charge >= 0.3 is 0 Å². The molecule has 0 aliphatic carbocycles. The van der Waals surface area contributed by atoms with E-state index in [0.29, 0.717) is 11.3 Å². The molecule has 0 atom stereocenters. The van der Waals surface area contributed by atoms with Gasteiger partial charge in [0, 0.05) is 18.9 Å². The first kappa shape index (κ1) is 14.1. The van der Waals surface area contributed by atoms with Crippen LogP contribution in [0.15, 0.2) is 30.5 Å². The Morgan fingerprint density at radius 2 is 2.25 bits per heavy atom. The molecule has 2 N–H and O–H groups in total. The number of benzene rings is 1. The predicted octanol–water partition coefficient (Wildman–Crippen LogP) is 2.10. The number of carbonyl (C=O) groups is 1. The van der Waals surface area contributed by atoms with Gasteiger partial charge in [0.15, 0.2) is 0 Å². The Bertz CT molecular complexity index is 626. The summed E-state index contributed by atoms with van der Waals surface area (Å²) in [5.74, 6) is -0.663. The molecule has 0 aliphatic rings. The lowest BCUT2D eigenvalue weighted by Gasteiger charge is -2.06. The number of hydrogen-bond donors (Lipinski definition) is 2. The molecule has 1 aromatic carbocycles. The maximum absolute atomic E-state index is 12.8. The second kappa shape index (κ2) is 5.79. The van der Waals surface area contributed by atoms with E-state index in [1.807, 2.05) is 0 Å². The molecule has 1 heterocycles. The van der Waals surface area contributed by atoms with Crippen LogP contribution >= 0.6 is 0 Å². The average molecular weight is 281 g/mol. The fourth-order valence-electron chi connectivity index (χ4n) is 1.79. The number of aliphatic hydroxyl groups excluding tert-OH is 1. The molecule has 0 spiro atoms. The zero-order chi connectivity index (χ0) is 14.7. The van der Waals surface area contributed by atoms with Crippen molar-refractivity contribution in [3.05, 3.63) is 47.3 Å². The van der Waals surface area contributed by atoms with Crippen molar-refractivity contribution in [1.82, 2.24) is 9.78 Å².